The summed E-state index contributed by atoms with van der Waals surface area (Å²) in [6.07, 6.45) is -4.91. The second kappa shape index (κ2) is 8.49. The first kappa shape index (κ1) is 18.3. The van der Waals surface area contributed by atoms with E-state index < -0.39 is 19.9 Å². The summed E-state index contributed by atoms with van der Waals surface area (Å²) in [6, 6.07) is 0. The molecule has 0 spiro atoms. The maximum Gasteiger partial charge on any atom is 0.474 e. The molecule has 0 aromatic rings. The second-order valence-electron chi connectivity index (χ2n) is 3.01. The van der Waals surface area contributed by atoms with Crippen LogP contribution >= 0.6 is 7.82 Å². The van der Waals surface area contributed by atoms with Crippen LogP contribution < -0.4 is 5.32 Å². The van der Waals surface area contributed by atoms with Gasteiger partial charge in [-0.3, -0.25) is 18.4 Å². The van der Waals surface area contributed by atoms with Gasteiger partial charge in [-0.15, -0.1) is 0 Å². The van der Waals surface area contributed by atoms with Crippen LogP contribution in [0.25, 0.3) is 0 Å². The quantitative estimate of drug-likeness (QED) is 0.507. The first-order valence-electron chi connectivity index (χ1n) is 5.04. The van der Waals surface area contributed by atoms with Crippen molar-refractivity contribution in [3.8, 4) is 0 Å². The molecule has 7 nitrogen and oxygen atoms in total. The average molecular weight is 309 g/mol. The van der Waals surface area contributed by atoms with Crippen LogP contribution in [0.2, 0.25) is 0 Å². The van der Waals surface area contributed by atoms with Gasteiger partial charge in [0.2, 0.25) is 0 Å². The summed E-state index contributed by atoms with van der Waals surface area (Å²) in [5.74, 6) is -2.03. The molecule has 0 aromatic carbocycles. The molecule has 0 aliphatic carbocycles. The lowest BCUT2D eigenvalue weighted by atomic mass is 10.5. The Bertz CT molecular complexity index is 316. The molecule has 0 aliphatic heterocycles. The van der Waals surface area contributed by atoms with Crippen molar-refractivity contribution in [3.63, 3.8) is 0 Å². The van der Waals surface area contributed by atoms with Crippen molar-refractivity contribution in [1.82, 2.24) is 5.32 Å². The number of halogens is 3. The Balaban J connectivity index is 3.57. The Labute approximate surface area is 108 Å². The van der Waals surface area contributed by atoms with Gasteiger partial charge in [-0.25, -0.2) is 4.57 Å². The molecule has 1 amide bonds. The predicted molar refractivity (Wildman–Crippen MR) is 57.5 cm³/mol. The predicted octanol–water partition coefficient (Wildman–Crippen LogP) is 1.10. The van der Waals surface area contributed by atoms with Crippen molar-refractivity contribution < 1.29 is 40.8 Å². The summed E-state index contributed by atoms with van der Waals surface area (Å²) in [5, 5.41) is 1.62. The van der Waals surface area contributed by atoms with Crippen LogP contribution in [-0.4, -0.2) is 52.7 Å². The molecule has 0 atom stereocenters. The number of hydrogen-bond donors (Lipinski definition) is 1. The summed E-state index contributed by atoms with van der Waals surface area (Å²) in [5.41, 5.74) is 0. The third-order valence-electron chi connectivity index (χ3n) is 1.71. The zero-order chi connectivity index (χ0) is 14.9. The Kier molecular flexibility index (Phi) is 8.19. The van der Waals surface area contributed by atoms with Crippen molar-refractivity contribution in [2.24, 2.45) is 0 Å². The van der Waals surface area contributed by atoms with Gasteiger partial charge in [0.1, 0.15) is 0 Å². The molecule has 0 bridgehead atoms. The minimum atomic E-state index is -4.91. The number of amides is 1. The van der Waals surface area contributed by atoms with E-state index in [0.717, 1.165) is 14.2 Å². The smallest absolute Gasteiger partial charge is 0.377 e. The van der Waals surface area contributed by atoms with E-state index in [0.29, 0.717) is 0 Å². The summed E-state index contributed by atoms with van der Waals surface area (Å²) in [6.45, 7) is -0.620. The average Bonchev–Trinajstić information content (AvgIpc) is 2.35. The van der Waals surface area contributed by atoms with E-state index >= 15 is 0 Å². The molecule has 0 heterocycles. The number of carbonyl (C=O) groups is 1. The summed E-state index contributed by atoms with van der Waals surface area (Å²) in [4.78, 5) is 10.4. The van der Waals surface area contributed by atoms with E-state index in [1.165, 1.54) is 0 Å². The molecule has 114 valence electrons. The van der Waals surface area contributed by atoms with E-state index in [1.807, 2.05) is 0 Å². The molecule has 0 saturated heterocycles. The molecular weight excluding hydrogens is 294 g/mol. The van der Waals surface area contributed by atoms with Gasteiger partial charge in [-0.2, -0.15) is 13.2 Å². The Morgan fingerprint density at radius 1 is 1.16 bits per heavy atom. The molecule has 0 rings (SSSR count). The molecule has 0 unspecified atom stereocenters. The summed E-state index contributed by atoms with van der Waals surface area (Å²) in [7, 11) is -1.30. The number of carbonyl (C=O) groups excluding carboxylic acids is 1. The van der Waals surface area contributed by atoms with Crippen LogP contribution in [0.3, 0.4) is 0 Å². The number of phosphoric acid groups is 1. The van der Waals surface area contributed by atoms with Gasteiger partial charge in [0.15, 0.2) is 0 Å². The van der Waals surface area contributed by atoms with E-state index in [9.17, 15) is 22.5 Å². The second-order valence-corrected chi connectivity index (χ2v) is 4.89. The number of ether oxygens (including phenoxy) is 1. The normalized spacial score (nSPS) is 12.5. The van der Waals surface area contributed by atoms with Gasteiger partial charge in [-0.1, -0.05) is 0 Å². The van der Waals surface area contributed by atoms with E-state index in [1.54, 1.807) is 5.32 Å². The van der Waals surface area contributed by atoms with E-state index in [-0.39, 0.29) is 26.4 Å². The third kappa shape index (κ3) is 8.17. The highest BCUT2D eigenvalue weighted by atomic mass is 31.2. The maximum atomic E-state index is 11.8. The third-order valence-corrected chi connectivity index (χ3v) is 3.11. The van der Waals surface area contributed by atoms with Gasteiger partial charge in [0.25, 0.3) is 0 Å². The van der Waals surface area contributed by atoms with Crippen molar-refractivity contribution >= 4 is 13.7 Å². The zero-order valence-electron chi connectivity index (χ0n) is 10.4. The molecule has 0 aromatic heterocycles. The fraction of sp³-hybridized carbons (Fsp3) is 0.875. The van der Waals surface area contributed by atoms with Gasteiger partial charge >= 0.3 is 19.9 Å². The van der Waals surface area contributed by atoms with Gasteiger partial charge < -0.3 is 10.1 Å². The monoisotopic (exact) mass is 309 g/mol. The SMILES string of the molecule is COP(=O)(OC)OCCOCCNC(=O)C(F)(F)F. The topological polar surface area (TPSA) is 83.1 Å². The number of phosphoric ester groups is 1. The zero-order valence-corrected chi connectivity index (χ0v) is 11.3. The molecular formula is C8H15F3NO6P. The van der Waals surface area contributed by atoms with E-state index in [4.69, 9.17) is 9.26 Å². The fourth-order valence-electron chi connectivity index (χ4n) is 0.827. The molecule has 11 heteroatoms. The first-order chi connectivity index (χ1) is 8.75. The Morgan fingerprint density at radius 3 is 2.21 bits per heavy atom. The largest absolute Gasteiger partial charge is 0.474 e. The van der Waals surface area contributed by atoms with Crippen LogP contribution in [-0.2, 0) is 27.7 Å². The van der Waals surface area contributed by atoms with Crippen LogP contribution in [0.1, 0.15) is 0 Å². The Morgan fingerprint density at radius 2 is 1.74 bits per heavy atom. The molecule has 0 fully saturated rings. The fourth-order valence-corrected chi connectivity index (χ4v) is 1.48. The Hall–Kier alpha value is -0.670. The first-order valence-corrected chi connectivity index (χ1v) is 6.50. The number of hydrogen-bond acceptors (Lipinski definition) is 6. The molecule has 19 heavy (non-hydrogen) atoms. The molecule has 0 aliphatic rings. The van der Waals surface area contributed by atoms with E-state index in [2.05, 4.69) is 9.05 Å². The summed E-state index contributed by atoms with van der Waals surface area (Å²) < 4.78 is 65.1. The van der Waals surface area contributed by atoms with Crippen LogP contribution in [0.5, 0.6) is 0 Å². The highest BCUT2D eigenvalue weighted by Crippen LogP contribution is 2.47. The minimum Gasteiger partial charge on any atom is -0.377 e. The molecule has 1 N–H and O–H groups in total. The molecule has 0 radical (unpaired) electrons. The van der Waals surface area contributed by atoms with Crippen molar-refractivity contribution in [2.45, 2.75) is 6.18 Å². The van der Waals surface area contributed by atoms with Gasteiger partial charge in [-0.05, 0) is 0 Å². The number of rotatable bonds is 9. The number of alkyl halides is 3. The highest BCUT2D eigenvalue weighted by molar-refractivity contribution is 7.48. The lowest BCUT2D eigenvalue weighted by molar-refractivity contribution is -0.173. The lowest BCUT2D eigenvalue weighted by Crippen LogP contribution is -2.38. The van der Waals surface area contributed by atoms with Gasteiger partial charge in [0, 0.05) is 20.8 Å². The van der Waals surface area contributed by atoms with Crippen molar-refractivity contribution in [2.75, 3.05) is 40.6 Å². The number of nitrogens with one attached hydrogen (secondary N) is 1. The maximum absolute atomic E-state index is 11.8. The van der Waals surface area contributed by atoms with Crippen molar-refractivity contribution in [1.29, 1.82) is 0 Å². The molecule has 0 saturated carbocycles. The highest BCUT2D eigenvalue weighted by Gasteiger charge is 2.38. The summed E-state index contributed by atoms with van der Waals surface area (Å²) >= 11 is 0. The lowest BCUT2D eigenvalue weighted by Gasteiger charge is -2.13. The standard InChI is InChI=1S/C8H15F3NO6P/c1-15-19(14,16-2)18-6-5-17-4-3-12-7(13)8(9,10)11/h3-6H2,1-2H3,(H,12,13). The van der Waals surface area contributed by atoms with Crippen molar-refractivity contribution in [3.05, 3.63) is 0 Å². The van der Waals surface area contributed by atoms with Crippen LogP contribution in [0.15, 0.2) is 0 Å². The minimum absolute atomic E-state index is 0.0431. The van der Waals surface area contributed by atoms with Crippen LogP contribution in [0, 0.1) is 0 Å². The van der Waals surface area contributed by atoms with Crippen LogP contribution in [0.4, 0.5) is 13.2 Å². The van der Waals surface area contributed by atoms with Gasteiger partial charge in [0.05, 0.1) is 19.8 Å².